The number of pyridine rings is 1. The summed E-state index contributed by atoms with van der Waals surface area (Å²) in [4.78, 5) is 4.73. The summed E-state index contributed by atoms with van der Waals surface area (Å²) in [5.41, 5.74) is 6.42. The molecule has 2 aromatic heterocycles. The van der Waals surface area contributed by atoms with Gasteiger partial charge in [-0.25, -0.2) is 4.98 Å². The molecule has 0 spiro atoms. The van der Waals surface area contributed by atoms with Gasteiger partial charge in [-0.1, -0.05) is 27.7 Å². The first-order valence-electron chi connectivity index (χ1n) is 10.6. The first-order valence-corrected chi connectivity index (χ1v) is 10.6. The van der Waals surface area contributed by atoms with Gasteiger partial charge in [0.25, 0.3) is 0 Å². The first kappa shape index (κ1) is 18.2. The summed E-state index contributed by atoms with van der Waals surface area (Å²) in [7, 11) is 0. The molecule has 1 atom stereocenters. The van der Waals surface area contributed by atoms with Crippen LogP contribution in [0.5, 0.6) is 5.75 Å². The maximum absolute atomic E-state index is 10.2. The minimum absolute atomic E-state index is 0.0495. The molecule has 2 heterocycles. The molecule has 3 nitrogen and oxygen atoms in total. The SMILES string of the molecule is CC1CCc2cc3c(cc2C1)c1ccc(O)cc1n3-c1cc(C(C)(C)C)ccn1. The molecule has 3 heteroatoms. The Labute approximate surface area is 172 Å². The van der Waals surface area contributed by atoms with Crippen LogP contribution < -0.4 is 0 Å². The van der Waals surface area contributed by atoms with E-state index in [9.17, 15) is 5.11 Å². The summed E-state index contributed by atoms with van der Waals surface area (Å²) >= 11 is 0. The van der Waals surface area contributed by atoms with Gasteiger partial charge in [0.1, 0.15) is 11.6 Å². The molecule has 1 unspecified atom stereocenters. The van der Waals surface area contributed by atoms with Gasteiger partial charge in [-0.15, -0.1) is 0 Å². The van der Waals surface area contributed by atoms with Gasteiger partial charge in [0.05, 0.1) is 11.0 Å². The first-order chi connectivity index (χ1) is 13.8. The molecule has 1 N–H and O–H groups in total. The van der Waals surface area contributed by atoms with Crippen molar-refractivity contribution >= 4 is 21.8 Å². The van der Waals surface area contributed by atoms with Crippen LogP contribution in [0.3, 0.4) is 0 Å². The molecule has 0 fully saturated rings. The summed E-state index contributed by atoms with van der Waals surface area (Å²) in [5.74, 6) is 1.93. The van der Waals surface area contributed by atoms with Crippen LogP contribution in [0.4, 0.5) is 0 Å². The molecular weight excluding hydrogens is 356 g/mol. The minimum Gasteiger partial charge on any atom is -0.508 e. The lowest BCUT2D eigenvalue weighted by Crippen LogP contribution is -2.12. The summed E-state index contributed by atoms with van der Waals surface area (Å²) < 4.78 is 2.22. The molecule has 148 valence electrons. The number of hydrogen-bond acceptors (Lipinski definition) is 2. The Morgan fingerprint density at radius 1 is 0.966 bits per heavy atom. The van der Waals surface area contributed by atoms with Gasteiger partial charge >= 0.3 is 0 Å². The van der Waals surface area contributed by atoms with Crippen molar-refractivity contribution < 1.29 is 5.11 Å². The fraction of sp³-hybridized carbons (Fsp3) is 0.346. The molecule has 1 aliphatic carbocycles. The lowest BCUT2D eigenvalue weighted by atomic mass is 9.84. The Balaban J connectivity index is 1.85. The number of phenols is 1. The van der Waals surface area contributed by atoms with Crippen molar-refractivity contribution in [3.05, 3.63) is 65.4 Å². The molecule has 0 saturated heterocycles. The highest BCUT2D eigenvalue weighted by Crippen LogP contribution is 2.38. The van der Waals surface area contributed by atoms with Crippen molar-refractivity contribution in [2.45, 2.75) is 52.4 Å². The average molecular weight is 385 g/mol. The van der Waals surface area contributed by atoms with Crippen LogP contribution in [0.25, 0.3) is 27.6 Å². The van der Waals surface area contributed by atoms with Crippen molar-refractivity contribution in [1.29, 1.82) is 0 Å². The van der Waals surface area contributed by atoms with Crippen LogP contribution in [0.2, 0.25) is 0 Å². The van der Waals surface area contributed by atoms with Crippen LogP contribution in [0.15, 0.2) is 48.7 Å². The van der Waals surface area contributed by atoms with E-state index in [1.807, 2.05) is 18.3 Å². The molecule has 29 heavy (non-hydrogen) atoms. The Hall–Kier alpha value is -2.81. The molecule has 2 aromatic carbocycles. The fourth-order valence-corrected chi connectivity index (χ4v) is 4.70. The van der Waals surface area contributed by atoms with Crippen LogP contribution in [0, 0.1) is 5.92 Å². The summed E-state index contributed by atoms with van der Waals surface area (Å²) in [5, 5.41) is 12.6. The van der Waals surface area contributed by atoms with Crippen molar-refractivity contribution in [3.63, 3.8) is 0 Å². The molecule has 0 amide bonds. The smallest absolute Gasteiger partial charge is 0.137 e. The minimum atomic E-state index is 0.0495. The molecular formula is C26H28N2O. The van der Waals surface area contributed by atoms with Crippen molar-refractivity contribution in [3.8, 4) is 11.6 Å². The van der Waals surface area contributed by atoms with E-state index in [2.05, 4.69) is 56.5 Å². The standard InChI is InChI=1S/C26H28N2O/c1-16-5-6-17-13-23-22(12-18(17)11-16)21-8-7-20(29)15-24(21)28(23)25-14-19(9-10-27-25)26(2,3)4/h7-10,12-16,29H,5-6,11H2,1-4H3. The summed E-state index contributed by atoms with van der Waals surface area (Å²) in [6, 6.07) is 14.7. The molecule has 4 aromatic rings. The number of rotatable bonds is 1. The average Bonchev–Trinajstić information content (AvgIpc) is 2.98. The number of aromatic nitrogens is 2. The Morgan fingerprint density at radius 2 is 1.76 bits per heavy atom. The van der Waals surface area contributed by atoms with Gasteiger partial charge in [0.2, 0.25) is 0 Å². The highest BCUT2D eigenvalue weighted by Gasteiger charge is 2.21. The molecule has 5 rings (SSSR count). The van der Waals surface area contributed by atoms with Gasteiger partial charge in [-0.05, 0) is 83.7 Å². The van der Waals surface area contributed by atoms with E-state index in [1.54, 1.807) is 6.07 Å². The number of phenolic OH excluding ortho intramolecular Hbond substituents is 1. The Bertz CT molecular complexity index is 1240. The van der Waals surface area contributed by atoms with Crippen molar-refractivity contribution in [2.24, 2.45) is 5.92 Å². The van der Waals surface area contributed by atoms with Crippen LogP contribution in [-0.4, -0.2) is 14.7 Å². The molecule has 0 radical (unpaired) electrons. The largest absolute Gasteiger partial charge is 0.508 e. The van der Waals surface area contributed by atoms with Crippen LogP contribution in [-0.2, 0) is 18.3 Å². The third-order valence-corrected chi connectivity index (χ3v) is 6.39. The second kappa shape index (κ2) is 6.35. The number of nitrogens with zero attached hydrogens (tertiary/aromatic N) is 2. The van der Waals surface area contributed by atoms with Gasteiger partial charge in [-0.3, -0.25) is 4.57 Å². The van der Waals surface area contributed by atoms with E-state index in [1.165, 1.54) is 39.4 Å². The van der Waals surface area contributed by atoms with Gasteiger partial charge in [0.15, 0.2) is 0 Å². The summed E-state index contributed by atoms with van der Waals surface area (Å²) in [6.45, 7) is 9.01. The normalized spacial score (nSPS) is 17.0. The van der Waals surface area contributed by atoms with Crippen molar-refractivity contribution in [1.82, 2.24) is 9.55 Å². The summed E-state index contributed by atoms with van der Waals surface area (Å²) in [6.07, 6.45) is 5.43. The van der Waals surface area contributed by atoms with E-state index in [0.29, 0.717) is 0 Å². The highest BCUT2D eigenvalue weighted by molar-refractivity contribution is 6.10. The third kappa shape index (κ3) is 3.00. The van der Waals surface area contributed by atoms with Crippen LogP contribution in [0.1, 0.15) is 50.8 Å². The Morgan fingerprint density at radius 3 is 2.55 bits per heavy atom. The fourth-order valence-electron chi connectivity index (χ4n) is 4.70. The molecule has 0 saturated carbocycles. The predicted octanol–water partition coefficient (Wildman–Crippen LogP) is 6.31. The molecule has 0 bridgehead atoms. The van der Waals surface area contributed by atoms with Gasteiger partial charge in [-0.2, -0.15) is 0 Å². The maximum Gasteiger partial charge on any atom is 0.137 e. The maximum atomic E-state index is 10.2. The highest BCUT2D eigenvalue weighted by atomic mass is 16.3. The van der Waals surface area contributed by atoms with E-state index in [4.69, 9.17) is 4.98 Å². The zero-order valence-corrected chi connectivity index (χ0v) is 17.7. The van der Waals surface area contributed by atoms with Crippen molar-refractivity contribution in [2.75, 3.05) is 0 Å². The number of benzene rings is 2. The second-order valence-corrected chi connectivity index (χ2v) is 9.68. The number of hydrogen-bond donors (Lipinski definition) is 1. The van der Waals surface area contributed by atoms with E-state index in [-0.39, 0.29) is 11.2 Å². The number of aryl methyl sites for hydroxylation is 1. The van der Waals surface area contributed by atoms with Gasteiger partial charge < -0.3 is 5.11 Å². The molecule has 0 aliphatic heterocycles. The van der Waals surface area contributed by atoms with E-state index >= 15 is 0 Å². The predicted molar refractivity (Wildman–Crippen MR) is 120 cm³/mol. The van der Waals surface area contributed by atoms with E-state index in [0.717, 1.165) is 30.1 Å². The topological polar surface area (TPSA) is 38.0 Å². The number of aromatic hydroxyl groups is 1. The zero-order chi connectivity index (χ0) is 20.3. The quantitative estimate of drug-likeness (QED) is 0.418. The lowest BCUT2D eigenvalue weighted by Gasteiger charge is -2.22. The monoisotopic (exact) mass is 384 g/mol. The number of fused-ring (bicyclic) bond motifs is 4. The second-order valence-electron chi connectivity index (χ2n) is 9.68. The molecule has 1 aliphatic rings. The van der Waals surface area contributed by atoms with Crippen LogP contribution >= 0.6 is 0 Å². The van der Waals surface area contributed by atoms with E-state index < -0.39 is 0 Å². The zero-order valence-electron chi connectivity index (χ0n) is 17.7. The lowest BCUT2D eigenvalue weighted by molar-refractivity contribution is 0.476. The van der Waals surface area contributed by atoms with Gasteiger partial charge in [0, 0.05) is 23.0 Å². The third-order valence-electron chi connectivity index (χ3n) is 6.39. The Kier molecular flexibility index (Phi) is 3.99.